The molecule has 1 nitrogen and oxygen atoms in total. The predicted molar refractivity (Wildman–Crippen MR) is 78.2 cm³/mol. The van der Waals surface area contributed by atoms with E-state index in [2.05, 4.69) is 31.1 Å². The first-order valence-electron chi connectivity index (χ1n) is 6.84. The van der Waals surface area contributed by atoms with E-state index in [1.54, 1.807) is 13.1 Å². The standard InChI is InChI=1S/C16H28FN/c1-7-11-16(17,18-6)15(10-4)12-14(9-3)13(5)8-2/h7,14-15,18H,1-2,9-12H2,3-6H3. The molecule has 1 N–H and O–H groups in total. The summed E-state index contributed by atoms with van der Waals surface area (Å²) in [5, 5.41) is 2.83. The van der Waals surface area contributed by atoms with Gasteiger partial charge in [0.1, 0.15) is 0 Å². The fourth-order valence-corrected chi connectivity index (χ4v) is 2.50. The minimum atomic E-state index is -1.36. The highest BCUT2D eigenvalue weighted by molar-refractivity contribution is 5.02. The van der Waals surface area contributed by atoms with Crippen LogP contribution in [-0.4, -0.2) is 12.8 Å². The van der Waals surface area contributed by atoms with Crippen molar-refractivity contribution in [2.45, 2.75) is 52.2 Å². The average Bonchev–Trinajstić information content (AvgIpc) is 2.39. The average molecular weight is 253 g/mol. The van der Waals surface area contributed by atoms with Crippen molar-refractivity contribution >= 4 is 0 Å². The van der Waals surface area contributed by atoms with E-state index in [0.29, 0.717) is 12.3 Å². The van der Waals surface area contributed by atoms with E-state index in [-0.39, 0.29) is 5.92 Å². The third-order valence-electron chi connectivity index (χ3n) is 3.95. The number of nitrogens with one attached hydrogen (secondary N) is 1. The number of hydrogen-bond acceptors (Lipinski definition) is 1. The molecule has 0 amide bonds. The van der Waals surface area contributed by atoms with E-state index in [1.807, 2.05) is 13.8 Å². The quantitative estimate of drug-likeness (QED) is 0.359. The topological polar surface area (TPSA) is 12.0 Å². The molecule has 0 bridgehead atoms. The zero-order chi connectivity index (χ0) is 14.2. The molecule has 0 spiro atoms. The Balaban J connectivity index is 4.96. The van der Waals surface area contributed by atoms with Gasteiger partial charge in [0.05, 0.1) is 0 Å². The third kappa shape index (κ3) is 4.44. The normalized spacial score (nSPS) is 17.4. The van der Waals surface area contributed by atoms with Crippen molar-refractivity contribution in [2.24, 2.45) is 11.8 Å². The second kappa shape index (κ2) is 8.29. The van der Waals surface area contributed by atoms with Crippen molar-refractivity contribution in [3.8, 4) is 0 Å². The van der Waals surface area contributed by atoms with Crippen molar-refractivity contribution in [3.05, 3.63) is 30.5 Å². The van der Waals surface area contributed by atoms with Crippen molar-refractivity contribution in [1.29, 1.82) is 0 Å². The molecule has 0 saturated heterocycles. The van der Waals surface area contributed by atoms with E-state index in [0.717, 1.165) is 24.8 Å². The van der Waals surface area contributed by atoms with Gasteiger partial charge in [0.15, 0.2) is 5.79 Å². The van der Waals surface area contributed by atoms with Crippen LogP contribution < -0.4 is 5.32 Å². The zero-order valence-electron chi connectivity index (χ0n) is 12.4. The van der Waals surface area contributed by atoms with Gasteiger partial charge in [-0.25, -0.2) is 4.39 Å². The SMILES string of the molecule is C=C=C(C)C(CC)CC(CC)C(F)(CC=C)NC. The Kier molecular flexibility index (Phi) is 7.90. The summed E-state index contributed by atoms with van der Waals surface area (Å²) in [6, 6.07) is 0. The van der Waals surface area contributed by atoms with Crippen molar-refractivity contribution < 1.29 is 4.39 Å². The smallest absolute Gasteiger partial charge is 0.167 e. The summed E-state index contributed by atoms with van der Waals surface area (Å²) in [4.78, 5) is 0. The van der Waals surface area contributed by atoms with Crippen LogP contribution in [0.4, 0.5) is 4.39 Å². The molecule has 0 aliphatic heterocycles. The predicted octanol–water partition coefficient (Wildman–Crippen LogP) is 4.62. The first-order valence-corrected chi connectivity index (χ1v) is 6.84. The largest absolute Gasteiger partial charge is 0.288 e. The van der Waals surface area contributed by atoms with Crippen molar-refractivity contribution in [2.75, 3.05) is 7.05 Å². The summed E-state index contributed by atoms with van der Waals surface area (Å²) >= 11 is 0. The minimum absolute atomic E-state index is 0.0197. The lowest BCUT2D eigenvalue weighted by atomic mass is 9.80. The molecule has 0 aromatic carbocycles. The van der Waals surface area contributed by atoms with E-state index in [4.69, 9.17) is 0 Å². The monoisotopic (exact) mass is 253 g/mol. The summed E-state index contributed by atoms with van der Waals surface area (Å²) in [5.41, 5.74) is 4.08. The number of halogens is 1. The highest BCUT2D eigenvalue weighted by Gasteiger charge is 2.36. The fraction of sp³-hybridized carbons (Fsp3) is 0.688. The lowest BCUT2D eigenvalue weighted by Crippen LogP contribution is -2.45. The number of allylic oxidation sites excluding steroid dienone is 1. The van der Waals surface area contributed by atoms with Crippen LogP contribution in [-0.2, 0) is 0 Å². The van der Waals surface area contributed by atoms with Gasteiger partial charge in [0.2, 0.25) is 0 Å². The molecule has 18 heavy (non-hydrogen) atoms. The van der Waals surface area contributed by atoms with Crippen LogP contribution in [0.25, 0.3) is 0 Å². The van der Waals surface area contributed by atoms with E-state index >= 15 is 0 Å². The van der Waals surface area contributed by atoms with E-state index in [1.165, 1.54) is 0 Å². The summed E-state index contributed by atoms with van der Waals surface area (Å²) in [6.07, 6.45) is 4.63. The second-order valence-electron chi connectivity index (χ2n) is 4.91. The first kappa shape index (κ1) is 17.2. The molecule has 0 heterocycles. The molecule has 0 radical (unpaired) electrons. The second-order valence-corrected chi connectivity index (χ2v) is 4.91. The molecular formula is C16H28FN. The van der Waals surface area contributed by atoms with E-state index in [9.17, 15) is 4.39 Å². The Morgan fingerprint density at radius 3 is 2.39 bits per heavy atom. The van der Waals surface area contributed by atoms with Gasteiger partial charge in [0, 0.05) is 12.3 Å². The highest BCUT2D eigenvalue weighted by Crippen LogP contribution is 2.34. The third-order valence-corrected chi connectivity index (χ3v) is 3.95. The van der Waals surface area contributed by atoms with Gasteiger partial charge in [0.25, 0.3) is 0 Å². The van der Waals surface area contributed by atoms with Gasteiger partial charge in [-0.2, -0.15) is 0 Å². The zero-order valence-corrected chi connectivity index (χ0v) is 12.4. The van der Waals surface area contributed by atoms with E-state index < -0.39 is 5.79 Å². The molecule has 3 atom stereocenters. The van der Waals surface area contributed by atoms with Gasteiger partial charge in [-0.05, 0) is 44.7 Å². The van der Waals surface area contributed by atoms with Crippen LogP contribution >= 0.6 is 0 Å². The molecule has 0 aliphatic carbocycles. The van der Waals surface area contributed by atoms with Crippen LogP contribution in [0.2, 0.25) is 0 Å². The van der Waals surface area contributed by atoms with Crippen LogP contribution in [0, 0.1) is 11.8 Å². The lowest BCUT2D eigenvalue weighted by Gasteiger charge is -2.34. The van der Waals surface area contributed by atoms with Crippen LogP contribution in [0.5, 0.6) is 0 Å². The molecule has 104 valence electrons. The van der Waals surface area contributed by atoms with Crippen molar-refractivity contribution in [1.82, 2.24) is 5.32 Å². The molecule has 0 aromatic heterocycles. The number of alkyl halides is 1. The molecule has 0 aliphatic rings. The maximum absolute atomic E-state index is 14.8. The number of hydrogen-bond donors (Lipinski definition) is 1. The first-order chi connectivity index (χ1) is 8.48. The Labute approximate surface area is 112 Å². The maximum Gasteiger partial charge on any atom is 0.167 e. The van der Waals surface area contributed by atoms with Gasteiger partial charge in [-0.15, -0.1) is 12.3 Å². The molecule has 0 fully saturated rings. The molecule has 0 aromatic rings. The van der Waals surface area contributed by atoms with Crippen molar-refractivity contribution in [3.63, 3.8) is 0 Å². The molecule has 3 unspecified atom stereocenters. The maximum atomic E-state index is 14.8. The summed E-state index contributed by atoms with van der Waals surface area (Å²) in [7, 11) is 1.68. The highest BCUT2D eigenvalue weighted by atomic mass is 19.1. The fourth-order valence-electron chi connectivity index (χ4n) is 2.50. The molecule has 0 saturated carbocycles. The van der Waals surface area contributed by atoms with Gasteiger partial charge in [-0.3, -0.25) is 5.32 Å². The molecule has 2 heteroatoms. The Morgan fingerprint density at radius 2 is 2.06 bits per heavy atom. The van der Waals surface area contributed by atoms with Crippen LogP contribution in [0.15, 0.2) is 30.5 Å². The Morgan fingerprint density at radius 1 is 1.44 bits per heavy atom. The van der Waals surface area contributed by atoms with Gasteiger partial charge < -0.3 is 0 Å². The Hall–Kier alpha value is -0.850. The van der Waals surface area contributed by atoms with Crippen LogP contribution in [0.3, 0.4) is 0 Å². The summed E-state index contributed by atoms with van der Waals surface area (Å²) in [5.74, 6) is -1.01. The minimum Gasteiger partial charge on any atom is -0.288 e. The lowest BCUT2D eigenvalue weighted by molar-refractivity contribution is 0.0383. The Bertz CT molecular complexity index is 304. The number of rotatable bonds is 9. The molecule has 0 rings (SSSR count). The molecular weight excluding hydrogens is 225 g/mol. The van der Waals surface area contributed by atoms with Crippen LogP contribution in [0.1, 0.15) is 46.5 Å². The van der Waals surface area contributed by atoms with Gasteiger partial charge in [-0.1, -0.05) is 26.5 Å². The summed E-state index contributed by atoms with van der Waals surface area (Å²) < 4.78 is 14.8. The summed E-state index contributed by atoms with van der Waals surface area (Å²) in [6.45, 7) is 13.5. The van der Waals surface area contributed by atoms with Gasteiger partial charge >= 0.3 is 0 Å².